The number of piperidine rings is 1. The number of carbonyl (C=O) groups excluding carboxylic acids is 1. The van der Waals surface area contributed by atoms with E-state index < -0.39 is 0 Å². The number of nitrogens with zero attached hydrogens (tertiary/aromatic N) is 2. The molecule has 1 aromatic carbocycles. The SMILES string of the molecule is Cc1noc(C)c1CSc1ccccc1C(=O)N1CC(C)CC(C)C1. The molecule has 2 unspecified atom stereocenters. The summed E-state index contributed by atoms with van der Waals surface area (Å²) in [5, 5.41) is 4.01. The average molecular weight is 359 g/mol. The molecular formula is C20H26N2O2S. The molecular weight excluding hydrogens is 332 g/mol. The second-order valence-corrected chi connectivity index (χ2v) is 8.26. The van der Waals surface area contributed by atoms with Crippen molar-refractivity contribution < 1.29 is 9.32 Å². The number of hydrogen-bond acceptors (Lipinski definition) is 4. The van der Waals surface area contributed by atoms with Gasteiger partial charge in [0.05, 0.1) is 11.3 Å². The maximum Gasteiger partial charge on any atom is 0.255 e. The first-order valence-corrected chi connectivity index (χ1v) is 9.87. The molecule has 0 radical (unpaired) electrons. The maximum atomic E-state index is 13.1. The maximum absolute atomic E-state index is 13.1. The molecule has 1 aromatic heterocycles. The van der Waals surface area contributed by atoms with Crippen LogP contribution in [0.25, 0.3) is 0 Å². The molecule has 1 aliphatic heterocycles. The lowest BCUT2D eigenvalue weighted by Gasteiger charge is -2.35. The van der Waals surface area contributed by atoms with Gasteiger partial charge in [-0.15, -0.1) is 11.8 Å². The summed E-state index contributed by atoms with van der Waals surface area (Å²) in [7, 11) is 0. The Kier molecular flexibility index (Phi) is 5.52. The minimum Gasteiger partial charge on any atom is -0.361 e. The average Bonchev–Trinajstić information content (AvgIpc) is 2.90. The van der Waals surface area contributed by atoms with E-state index in [1.807, 2.05) is 43.0 Å². The van der Waals surface area contributed by atoms with Crippen molar-refractivity contribution in [3.8, 4) is 0 Å². The molecule has 2 aromatic rings. The zero-order valence-electron chi connectivity index (χ0n) is 15.4. The largest absolute Gasteiger partial charge is 0.361 e. The summed E-state index contributed by atoms with van der Waals surface area (Å²) in [5.41, 5.74) is 2.85. The van der Waals surface area contributed by atoms with E-state index in [0.717, 1.165) is 46.3 Å². The third kappa shape index (κ3) is 4.09. The summed E-state index contributed by atoms with van der Waals surface area (Å²) >= 11 is 1.68. The monoisotopic (exact) mass is 358 g/mol. The number of amides is 1. The van der Waals surface area contributed by atoms with Crippen LogP contribution < -0.4 is 0 Å². The molecule has 1 saturated heterocycles. The Morgan fingerprint density at radius 1 is 1.24 bits per heavy atom. The molecule has 0 aliphatic carbocycles. The van der Waals surface area contributed by atoms with Crippen LogP contribution in [0.15, 0.2) is 33.7 Å². The molecule has 0 N–H and O–H groups in total. The van der Waals surface area contributed by atoms with Crippen LogP contribution in [-0.2, 0) is 5.75 Å². The van der Waals surface area contributed by atoms with E-state index in [9.17, 15) is 4.79 Å². The summed E-state index contributed by atoms with van der Waals surface area (Å²) in [6, 6.07) is 7.92. The highest BCUT2D eigenvalue weighted by Crippen LogP contribution is 2.30. The van der Waals surface area contributed by atoms with Crippen molar-refractivity contribution in [1.29, 1.82) is 0 Å². The number of thioether (sulfide) groups is 1. The molecule has 0 saturated carbocycles. The van der Waals surface area contributed by atoms with Gasteiger partial charge in [0.25, 0.3) is 5.91 Å². The molecule has 0 spiro atoms. The van der Waals surface area contributed by atoms with Crippen LogP contribution in [0.2, 0.25) is 0 Å². The second-order valence-electron chi connectivity index (χ2n) is 7.24. The summed E-state index contributed by atoms with van der Waals surface area (Å²) in [6.45, 7) is 10.1. The predicted octanol–water partition coefficient (Wildman–Crippen LogP) is 4.70. The lowest BCUT2D eigenvalue weighted by molar-refractivity contribution is 0.0619. The van der Waals surface area contributed by atoms with E-state index in [0.29, 0.717) is 11.8 Å². The van der Waals surface area contributed by atoms with Gasteiger partial charge in [-0.3, -0.25) is 4.79 Å². The standard InChI is InChI=1S/C20H26N2O2S/c1-13-9-14(2)11-22(10-13)20(23)17-7-5-6-8-19(17)25-12-18-15(3)21-24-16(18)4/h5-8,13-14H,9-12H2,1-4H3. The fourth-order valence-electron chi connectivity index (χ4n) is 3.63. The second kappa shape index (κ2) is 7.65. The van der Waals surface area contributed by atoms with E-state index in [-0.39, 0.29) is 5.91 Å². The fraction of sp³-hybridized carbons (Fsp3) is 0.500. The van der Waals surface area contributed by atoms with Crippen LogP contribution in [0.4, 0.5) is 0 Å². The first kappa shape index (κ1) is 18.1. The van der Waals surface area contributed by atoms with Crippen molar-refractivity contribution in [2.24, 2.45) is 11.8 Å². The van der Waals surface area contributed by atoms with Crippen LogP contribution in [0, 0.1) is 25.7 Å². The third-order valence-corrected chi connectivity index (χ3v) is 5.93. The van der Waals surface area contributed by atoms with Crippen molar-refractivity contribution in [3.05, 3.63) is 46.8 Å². The number of hydrogen-bond donors (Lipinski definition) is 0. The van der Waals surface area contributed by atoms with Gasteiger partial charge in [-0.05, 0) is 44.2 Å². The molecule has 3 rings (SSSR count). The predicted molar refractivity (Wildman–Crippen MR) is 101 cm³/mol. The Bertz CT molecular complexity index is 726. The van der Waals surface area contributed by atoms with E-state index >= 15 is 0 Å². The van der Waals surface area contributed by atoms with Gasteiger partial charge in [0.2, 0.25) is 0 Å². The molecule has 25 heavy (non-hydrogen) atoms. The lowest BCUT2D eigenvalue weighted by Crippen LogP contribution is -2.42. The van der Waals surface area contributed by atoms with Gasteiger partial charge in [-0.25, -0.2) is 0 Å². The number of aryl methyl sites for hydroxylation is 2. The normalized spacial score (nSPS) is 20.7. The zero-order valence-corrected chi connectivity index (χ0v) is 16.2. The quantitative estimate of drug-likeness (QED) is 0.743. The topological polar surface area (TPSA) is 46.3 Å². The van der Waals surface area contributed by atoms with Gasteiger partial charge in [-0.2, -0.15) is 0 Å². The van der Waals surface area contributed by atoms with Crippen LogP contribution in [0.3, 0.4) is 0 Å². The van der Waals surface area contributed by atoms with Gasteiger partial charge in [0.15, 0.2) is 0 Å². The fourth-order valence-corrected chi connectivity index (χ4v) is 4.82. The molecule has 1 fully saturated rings. The number of carbonyl (C=O) groups is 1. The van der Waals surface area contributed by atoms with E-state index in [4.69, 9.17) is 4.52 Å². The van der Waals surface area contributed by atoms with Crippen molar-refractivity contribution in [1.82, 2.24) is 10.1 Å². The van der Waals surface area contributed by atoms with Crippen LogP contribution in [-0.4, -0.2) is 29.1 Å². The van der Waals surface area contributed by atoms with E-state index in [1.165, 1.54) is 6.42 Å². The Balaban J connectivity index is 1.77. The van der Waals surface area contributed by atoms with Crippen molar-refractivity contribution in [3.63, 3.8) is 0 Å². The first-order valence-electron chi connectivity index (χ1n) is 8.88. The van der Waals surface area contributed by atoms with Gasteiger partial charge in [0.1, 0.15) is 5.76 Å². The van der Waals surface area contributed by atoms with Gasteiger partial charge < -0.3 is 9.42 Å². The molecule has 4 nitrogen and oxygen atoms in total. The van der Waals surface area contributed by atoms with Crippen molar-refractivity contribution >= 4 is 17.7 Å². The minimum atomic E-state index is 0.153. The first-order chi connectivity index (χ1) is 12.0. The summed E-state index contributed by atoms with van der Waals surface area (Å²) < 4.78 is 5.24. The number of rotatable bonds is 4. The Morgan fingerprint density at radius 3 is 2.56 bits per heavy atom. The summed E-state index contributed by atoms with van der Waals surface area (Å²) in [6.07, 6.45) is 1.20. The van der Waals surface area contributed by atoms with Crippen LogP contribution >= 0.6 is 11.8 Å². The summed E-state index contributed by atoms with van der Waals surface area (Å²) in [5.74, 6) is 2.90. The smallest absolute Gasteiger partial charge is 0.255 e. The Morgan fingerprint density at radius 2 is 1.92 bits per heavy atom. The van der Waals surface area contributed by atoms with Gasteiger partial charge in [-0.1, -0.05) is 31.1 Å². The number of aromatic nitrogens is 1. The third-order valence-electron chi connectivity index (χ3n) is 4.83. The highest BCUT2D eigenvalue weighted by Gasteiger charge is 2.27. The van der Waals surface area contributed by atoms with Gasteiger partial charge in [0, 0.05) is 29.3 Å². The number of likely N-dealkylation sites (tertiary alicyclic amines) is 1. The highest BCUT2D eigenvalue weighted by molar-refractivity contribution is 7.98. The molecule has 1 aliphatic rings. The molecule has 2 atom stereocenters. The number of benzene rings is 1. The van der Waals surface area contributed by atoms with E-state index in [1.54, 1.807) is 11.8 Å². The molecule has 2 heterocycles. The van der Waals surface area contributed by atoms with Gasteiger partial charge >= 0.3 is 0 Å². The van der Waals surface area contributed by atoms with Crippen LogP contribution in [0.1, 0.15) is 47.6 Å². The van der Waals surface area contributed by atoms with Crippen LogP contribution in [0.5, 0.6) is 0 Å². The van der Waals surface area contributed by atoms with Crippen molar-refractivity contribution in [2.75, 3.05) is 13.1 Å². The zero-order chi connectivity index (χ0) is 18.0. The molecule has 0 bridgehead atoms. The lowest BCUT2D eigenvalue weighted by atomic mass is 9.91. The van der Waals surface area contributed by atoms with Crippen molar-refractivity contribution in [2.45, 2.75) is 44.8 Å². The molecule has 134 valence electrons. The highest BCUT2D eigenvalue weighted by atomic mass is 32.2. The summed E-state index contributed by atoms with van der Waals surface area (Å²) in [4.78, 5) is 16.1. The Hall–Kier alpha value is -1.75. The molecule has 1 amide bonds. The van der Waals surface area contributed by atoms with E-state index in [2.05, 4.69) is 19.0 Å². The molecule has 5 heteroatoms. The Labute approximate surface area is 154 Å². The minimum absolute atomic E-state index is 0.153.